The van der Waals surface area contributed by atoms with E-state index in [9.17, 15) is 8.42 Å². The highest BCUT2D eigenvalue weighted by molar-refractivity contribution is 7.90. The van der Waals surface area contributed by atoms with Gasteiger partial charge in [0.15, 0.2) is 0 Å². The number of benzene rings is 2. The second kappa shape index (κ2) is 7.50. The van der Waals surface area contributed by atoms with Crippen molar-refractivity contribution in [1.82, 2.24) is 8.87 Å². The van der Waals surface area contributed by atoms with Crippen LogP contribution in [0.5, 0.6) is 5.75 Å². The summed E-state index contributed by atoms with van der Waals surface area (Å²) in [6, 6.07) is 18.5. The van der Waals surface area contributed by atoms with Crippen LogP contribution >= 0.6 is 11.6 Å². The van der Waals surface area contributed by atoms with Crippen molar-refractivity contribution >= 4 is 27.5 Å². The lowest BCUT2D eigenvalue weighted by atomic mass is 10.1. The summed E-state index contributed by atoms with van der Waals surface area (Å²) >= 11 is 6.47. The van der Waals surface area contributed by atoms with Crippen LogP contribution in [0.15, 0.2) is 60.7 Å². The third kappa shape index (κ3) is 3.61. The van der Waals surface area contributed by atoms with Crippen LogP contribution in [0.1, 0.15) is 5.69 Å². The van der Waals surface area contributed by atoms with Crippen molar-refractivity contribution in [2.75, 3.05) is 18.4 Å². The first kappa shape index (κ1) is 18.9. The Kier molecular flexibility index (Phi) is 5.05. The van der Waals surface area contributed by atoms with Crippen molar-refractivity contribution in [3.8, 4) is 17.0 Å². The maximum absolute atomic E-state index is 12.8. The van der Waals surface area contributed by atoms with E-state index >= 15 is 0 Å². The van der Waals surface area contributed by atoms with Gasteiger partial charge in [0, 0.05) is 18.8 Å². The number of hydrogen-bond donors (Lipinski definition) is 1. The second-order valence-corrected chi connectivity index (χ2v) is 8.60. The molecule has 0 bridgehead atoms. The smallest absolute Gasteiger partial charge is 0.302 e. The van der Waals surface area contributed by atoms with E-state index in [4.69, 9.17) is 16.3 Å². The number of rotatable bonds is 5. The third-order valence-electron chi connectivity index (χ3n) is 4.77. The predicted molar refractivity (Wildman–Crippen MR) is 111 cm³/mol. The number of halogens is 1. The molecule has 1 aliphatic heterocycles. The standard InChI is InChI=1S/C20H20ClN3O3S/c1-27-18-9-7-16(8-10-18)22-28(25,26)23-11-12-24-17(14-23)13-19(21)20(24)15-5-3-2-4-6-15/h2-10,13,22H,11-12,14H2,1H3. The Morgan fingerprint density at radius 3 is 2.43 bits per heavy atom. The van der Waals surface area contributed by atoms with Gasteiger partial charge in [0.05, 0.1) is 30.1 Å². The van der Waals surface area contributed by atoms with Gasteiger partial charge in [-0.15, -0.1) is 0 Å². The minimum absolute atomic E-state index is 0.262. The van der Waals surface area contributed by atoms with E-state index in [0.29, 0.717) is 29.5 Å². The Bertz CT molecular complexity index is 1080. The Hall–Kier alpha value is -2.48. The molecule has 2 heterocycles. The second-order valence-electron chi connectivity index (χ2n) is 6.52. The molecule has 0 fully saturated rings. The summed E-state index contributed by atoms with van der Waals surface area (Å²) in [6.45, 7) is 1.16. The van der Waals surface area contributed by atoms with Crippen molar-refractivity contribution in [3.05, 3.63) is 71.4 Å². The highest BCUT2D eigenvalue weighted by atomic mass is 35.5. The van der Waals surface area contributed by atoms with Crippen molar-refractivity contribution in [2.45, 2.75) is 13.1 Å². The van der Waals surface area contributed by atoms with Gasteiger partial charge in [-0.3, -0.25) is 4.72 Å². The predicted octanol–water partition coefficient (Wildman–Crippen LogP) is 3.99. The van der Waals surface area contributed by atoms with Gasteiger partial charge in [-0.1, -0.05) is 41.9 Å². The van der Waals surface area contributed by atoms with Crippen LogP contribution in [0.25, 0.3) is 11.3 Å². The van der Waals surface area contributed by atoms with E-state index in [1.807, 2.05) is 36.4 Å². The van der Waals surface area contributed by atoms with Gasteiger partial charge in [0.25, 0.3) is 0 Å². The van der Waals surface area contributed by atoms with Crippen molar-refractivity contribution in [3.63, 3.8) is 0 Å². The highest BCUT2D eigenvalue weighted by Gasteiger charge is 2.29. The molecule has 0 saturated heterocycles. The molecular weight excluding hydrogens is 398 g/mol. The summed E-state index contributed by atoms with van der Waals surface area (Å²) in [5.41, 5.74) is 3.31. The molecule has 0 aliphatic carbocycles. The van der Waals surface area contributed by atoms with Gasteiger partial charge in [0.1, 0.15) is 5.75 Å². The van der Waals surface area contributed by atoms with E-state index in [1.165, 1.54) is 4.31 Å². The first-order chi connectivity index (χ1) is 13.5. The molecule has 1 aromatic heterocycles. The Morgan fingerprint density at radius 1 is 1.04 bits per heavy atom. The average Bonchev–Trinajstić information content (AvgIpc) is 3.04. The maximum atomic E-state index is 12.8. The summed E-state index contributed by atoms with van der Waals surface area (Å²) in [6.07, 6.45) is 0. The molecule has 0 spiro atoms. The van der Waals surface area contributed by atoms with Crippen molar-refractivity contribution in [2.24, 2.45) is 0 Å². The molecule has 0 unspecified atom stereocenters. The number of nitrogens with one attached hydrogen (secondary N) is 1. The summed E-state index contributed by atoms with van der Waals surface area (Å²) in [4.78, 5) is 0. The van der Waals surface area contributed by atoms with Gasteiger partial charge >= 0.3 is 10.2 Å². The number of fused-ring (bicyclic) bond motifs is 1. The summed E-state index contributed by atoms with van der Waals surface area (Å²) in [5.74, 6) is 0.668. The Morgan fingerprint density at radius 2 is 1.75 bits per heavy atom. The number of ether oxygens (including phenoxy) is 1. The minimum atomic E-state index is -3.68. The van der Waals surface area contributed by atoms with Crippen LogP contribution in [0.3, 0.4) is 0 Å². The lowest BCUT2D eigenvalue weighted by Crippen LogP contribution is -2.41. The fraction of sp³-hybridized carbons (Fsp3) is 0.200. The largest absolute Gasteiger partial charge is 0.497 e. The molecule has 0 radical (unpaired) electrons. The maximum Gasteiger partial charge on any atom is 0.302 e. The molecule has 28 heavy (non-hydrogen) atoms. The molecule has 6 nitrogen and oxygen atoms in total. The molecule has 146 valence electrons. The zero-order valence-corrected chi connectivity index (χ0v) is 16.9. The van der Waals surface area contributed by atoms with E-state index in [1.54, 1.807) is 31.4 Å². The number of methoxy groups -OCH3 is 1. The Labute approximate surface area is 169 Å². The molecule has 8 heteroatoms. The van der Waals surface area contributed by atoms with Gasteiger partial charge < -0.3 is 9.30 Å². The zero-order valence-electron chi connectivity index (χ0n) is 15.3. The van der Waals surface area contributed by atoms with Crippen LogP contribution in [-0.2, 0) is 23.3 Å². The van der Waals surface area contributed by atoms with Gasteiger partial charge in [-0.25, -0.2) is 0 Å². The third-order valence-corrected chi connectivity index (χ3v) is 6.54. The van der Waals surface area contributed by atoms with Crippen LogP contribution in [0.2, 0.25) is 5.02 Å². The average molecular weight is 418 g/mol. The SMILES string of the molecule is COc1ccc(NS(=O)(=O)N2CCn3c(cc(Cl)c3-c3ccccc3)C2)cc1. The van der Waals surface area contributed by atoms with E-state index in [-0.39, 0.29) is 6.54 Å². The topological polar surface area (TPSA) is 63.6 Å². The van der Waals surface area contributed by atoms with Crippen molar-refractivity contribution < 1.29 is 13.2 Å². The number of hydrogen-bond acceptors (Lipinski definition) is 3. The zero-order chi connectivity index (χ0) is 19.7. The van der Waals surface area contributed by atoms with E-state index < -0.39 is 10.2 Å². The van der Waals surface area contributed by atoms with Gasteiger partial charge in [-0.2, -0.15) is 12.7 Å². The van der Waals surface area contributed by atoms with Gasteiger partial charge in [-0.05, 0) is 35.9 Å². The lowest BCUT2D eigenvalue weighted by Gasteiger charge is -2.29. The molecule has 2 aromatic carbocycles. The number of anilines is 1. The molecule has 1 aliphatic rings. The normalized spacial score (nSPS) is 14.5. The summed E-state index contributed by atoms with van der Waals surface area (Å²) in [5, 5.41) is 0.628. The van der Waals surface area contributed by atoms with Crippen LogP contribution in [0.4, 0.5) is 5.69 Å². The van der Waals surface area contributed by atoms with E-state index in [0.717, 1.165) is 17.0 Å². The molecule has 3 aromatic rings. The Balaban J connectivity index is 1.56. The highest BCUT2D eigenvalue weighted by Crippen LogP contribution is 2.34. The quantitative estimate of drug-likeness (QED) is 0.682. The summed E-state index contributed by atoms with van der Waals surface area (Å²) in [7, 11) is -2.11. The molecule has 4 rings (SSSR count). The minimum Gasteiger partial charge on any atom is -0.497 e. The van der Waals surface area contributed by atoms with E-state index in [2.05, 4.69) is 9.29 Å². The van der Waals surface area contributed by atoms with Gasteiger partial charge in [0.2, 0.25) is 0 Å². The van der Waals surface area contributed by atoms with Crippen molar-refractivity contribution in [1.29, 1.82) is 0 Å². The molecule has 0 atom stereocenters. The van der Waals surface area contributed by atoms with Crippen LogP contribution in [0, 0.1) is 0 Å². The van der Waals surface area contributed by atoms with Crippen LogP contribution < -0.4 is 9.46 Å². The first-order valence-corrected chi connectivity index (χ1v) is 10.6. The summed E-state index contributed by atoms with van der Waals surface area (Å²) < 4.78 is 36.9. The number of nitrogens with zero attached hydrogens (tertiary/aromatic N) is 2. The molecular formula is C20H20ClN3O3S. The fourth-order valence-corrected chi connectivity index (χ4v) is 4.91. The number of aromatic nitrogens is 1. The van der Waals surface area contributed by atoms with Crippen LogP contribution in [-0.4, -0.2) is 30.9 Å². The molecule has 1 N–H and O–H groups in total. The molecule has 0 amide bonds. The monoisotopic (exact) mass is 417 g/mol. The first-order valence-electron chi connectivity index (χ1n) is 8.83. The molecule has 0 saturated carbocycles. The lowest BCUT2D eigenvalue weighted by molar-refractivity contribution is 0.345. The fourth-order valence-electron chi connectivity index (χ4n) is 3.39.